The lowest BCUT2D eigenvalue weighted by Crippen LogP contribution is -2.36. The molecule has 0 bridgehead atoms. The van der Waals surface area contributed by atoms with E-state index in [2.05, 4.69) is 15.2 Å². The summed E-state index contributed by atoms with van der Waals surface area (Å²) in [6.07, 6.45) is -4.65. The van der Waals surface area contributed by atoms with Gasteiger partial charge in [-0.15, -0.1) is 10.2 Å². The number of aryl methyl sites for hydroxylation is 1. The number of nitrogens with zero attached hydrogens (tertiary/aromatic N) is 4. The van der Waals surface area contributed by atoms with Crippen LogP contribution in [0.25, 0.3) is 28.2 Å². The summed E-state index contributed by atoms with van der Waals surface area (Å²) >= 11 is 0. The minimum absolute atomic E-state index is 0.00289. The summed E-state index contributed by atoms with van der Waals surface area (Å²) in [5.74, 6) is -0.298. The van der Waals surface area contributed by atoms with Crippen LogP contribution in [0.1, 0.15) is 16.2 Å². The number of hydrogen-bond acceptors (Lipinski definition) is 7. The van der Waals surface area contributed by atoms with Gasteiger partial charge in [0.2, 0.25) is 18.1 Å². The fraction of sp³-hybridized carbons (Fsp3) is 0.238. The highest BCUT2D eigenvalue weighted by Gasteiger charge is 2.27. The Morgan fingerprint density at radius 3 is 2.36 bits per heavy atom. The van der Waals surface area contributed by atoms with Crippen LogP contribution in [-0.2, 0) is 0 Å². The van der Waals surface area contributed by atoms with Crippen molar-refractivity contribution in [2.45, 2.75) is 19.6 Å². The first-order chi connectivity index (χ1) is 15.8. The largest absolute Gasteiger partial charge is 0.496 e. The van der Waals surface area contributed by atoms with Gasteiger partial charge in [0.05, 0.1) is 30.9 Å². The van der Waals surface area contributed by atoms with Crippen molar-refractivity contribution >= 4 is 16.9 Å². The van der Waals surface area contributed by atoms with Gasteiger partial charge in [0.15, 0.2) is 0 Å². The molecule has 12 heteroatoms. The zero-order valence-electron chi connectivity index (χ0n) is 17.7. The molecule has 172 valence electrons. The monoisotopic (exact) mass is 461 g/mol. The normalized spacial score (nSPS) is 12.2. The minimum Gasteiger partial charge on any atom is -0.496 e. The Kier molecular flexibility index (Phi) is 5.90. The number of hydrogen-bond donors (Lipinski definition) is 1. The molecule has 33 heavy (non-hydrogen) atoms. The van der Waals surface area contributed by atoms with Gasteiger partial charge in [-0.25, -0.2) is 18.2 Å². The maximum Gasteiger partial charge on any atom is 0.287 e. The van der Waals surface area contributed by atoms with E-state index in [4.69, 9.17) is 13.9 Å². The van der Waals surface area contributed by atoms with Crippen LogP contribution in [0.5, 0.6) is 11.5 Å². The molecule has 0 aliphatic carbocycles. The number of carbonyl (C=O) groups is 1. The van der Waals surface area contributed by atoms with Gasteiger partial charge in [-0.05, 0) is 18.2 Å². The molecule has 2 aromatic carbocycles. The van der Waals surface area contributed by atoms with Gasteiger partial charge in [-0.3, -0.25) is 9.36 Å². The van der Waals surface area contributed by atoms with Gasteiger partial charge < -0.3 is 19.2 Å². The molecule has 2 aromatic heterocycles. The second-order valence-electron chi connectivity index (χ2n) is 6.88. The number of aromatic nitrogens is 4. The summed E-state index contributed by atoms with van der Waals surface area (Å²) in [6.45, 7) is 1.69. The van der Waals surface area contributed by atoms with Gasteiger partial charge in [-0.1, -0.05) is 0 Å². The molecule has 0 aliphatic heterocycles. The minimum atomic E-state index is -3.37. The van der Waals surface area contributed by atoms with E-state index in [0.29, 0.717) is 34.1 Å². The van der Waals surface area contributed by atoms with Crippen molar-refractivity contribution in [2.24, 2.45) is 0 Å². The van der Waals surface area contributed by atoms with E-state index >= 15 is 0 Å². The molecule has 0 spiro atoms. The molecule has 0 radical (unpaired) electrons. The number of nitrogens with one attached hydrogen (secondary N) is 1. The van der Waals surface area contributed by atoms with Gasteiger partial charge in [0.1, 0.15) is 23.4 Å². The Hall–Kier alpha value is -4.09. The molecule has 1 N–H and O–H groups in total. The molecule has 0 fully saturated rings. The molecular formula is C21H18F3N5O4. The Bertz CT molecular complexity index is 1300. The highest BCUT2D eigenvalue weighted by molar-refractivity contribution is 6.00. The first kappa shape index (κ1) is 22.1. The Morgan fingerprint density at radius 1 is 1.09 bits per heavy atom. The van der Waals surface area contributed by atoms with Crippen LogP contribution in [0, 0.1) is 6.92 Å². The van der Waals surface area contributed by atoms with Crippen LogP contribution in [0.15, 0.2) is 41.1 Å². The summed E-state index contributed by atoms with van der Waals surface area (Å²) in [5.41, 5.74) is 2.31. The van der Waals surface area contributed by atoms with Crippen molar-refractivity contribution in [3.05, 3.63) is 48.1 Å². The molecule has 1 unspecified atom stereocenters. The highest BCUT2D eigenvalue weighted by Crippen LogP contribution is 2.34. The quantitative estimate of drug-likeness (QED) is 0.419. The predicted octanol–water partition coefficient (Wildman–Crippen LogP) is 3.69. The van der Waals surface area contributed by atoms with Crippen molar-refractivity contribution in [3.63, 3.8) is 0 Å². The number of ether oxygens (including phenoxy) is 2. The van der Waals surface area contributed by atoms with Crippen molar-refractivity contribution in [1.29, 1.82) is 0 Å². The predicted molar refractivity (Wildman–Crippen MR) is 111 cm³/mol. The van der Waals surface area contributed by atoms with E-state index in [1.165, 1.54) is 26.4 Å². The van der Waals surface area contributed by atoms with Crippen molar-refractivity contribution in [2.75, 3.05) is 14.2 Å². The molecular weight excluding hydrogens is 443 g/mol. The van der Waals surface area contributed by atoms with Gasteiger partial charge in [-0.2, -0.15) is 0 Å². The second kappa shape index (κ2) is 8.81. The van der Waals surface area contributed by atoms with E-state index in [0.717, 1.165) is 0 Å². The molecule has 4 aromatic rings. The van der Waals surface area contributed by atoms with Crippen molar-refractivity contribution in [3.8, 4) is 28.6 Å². The van der Waals surface area contributed by atoms with E-state index in [9.17, 15) is 18.0 Å². The third kappa shape index (κ3) is 4.19. The smallest absolute Gasteiger partial charge is 0.287 e. The van der Waals surface area contributed by atoms with E-state index in [1.807, 2.05) is 0 Å². The number of carbonyl (C=O) groups excluding carboxylic acids is 1. The number of imidazole rings is 1. The Labute approximate surface area is 185 Å². The summed E-state index contributed by atoms with van der Waals surface area (Å²) < 4.78 is 56.1. The lowest BCUT2D eigenvalue weighted by molar-refractivity contribution is 0.0285. The number of alkyl halides is 3. The van der Waals surface area contributed by atoms with Crippen LogP contribution in [-0.4, -0.2) is 52.6 Å². The van der Waals surface area contributed by atoms with Gasteiger partial charge in [0.25, 0.3) is 12.3 Å². The molecule has 0 aliphatic rings. The Balaban J connectivity index is 1.75. The molecule has 1 atom stereocenters. The third-order valence-corrected chi connectivity index (χ3v) is 4.81. The first-order valence-corrected chi connectivity index (χ1v) is 9.59. The zero-order chi connectivity index (χ0) is 23.7. The maximum atomic E-state index is 13.4. The van der Waals surface area contributed by atoms with E-state index in [-0.39, 0.29) is 17.1 Å². The summed E-state index contributed by atoms with van der Waals surface area (Å²) in [5, 5.41) is 9.41. The van der Waals surface area contributed by atoms with Crippen LogP contribution < -0.4 is 14.8 Å². The lowest BCUT2D eigenvalue weighted by atomic mass is 10.1. The second-order valence-corrected chi connectivity index (χ2v) is 6.88. The van der Waals surface area contributed by atoms with Crippen LogP contribution >= 0.6 is 0 Å². The van der Waals surface area contributed by atoms with Crippen LogP contribution in [0.3, 0.4) is 0 Å². The average molecular weight is 461 g/mol. The van der Waals surface area contributed by atoms with E-state index < -0.39 is 18.6 Å². The molecule has 9 nitrogen and oxygen atoms in total. The number of halogens is 3. The third-order valence-electron chi connectivity index (χ3n) is 4.81. The molecule has 0 saturated carbocycles. The SMILES string of the molecule is COc1cc(-n2cnc3cc(-c4nnc(C)o4)ccc32)cc(OC)c1C(=O)NC(F)C(F)F. The van der Waals surface area contributed by atoms with Crippen LogP contribution in [0.2, 0.25) is 0 Å². The maximum absolute atomic E-state index is 13.4. The van der Waals surface area contributed by atoms with Crippen LogP contribution in [0.4, 0.5) is 13.2 Å². The highest BCUT2D eigenvalue weighted by atomic mass is 19.3. The standard InChI is InChI=1S/C21H18F3N5O4/c1-10-27-28-21(33-10)11-4-5-14-13(6-11)25-9-29(14)12-7-15(31-2)17(16(8-12)32-3)20(30)26-19(24)18(22)23/h4-9,18-19H,1-3H3,(H,26,30). The topological polar surface area (TPSA) is 104 Å². The van der Waals surface area contributed by atoms with E-state index in [1.54, 1.807) is 41.3 Å². The number of rotatable bonds is 7. The fourth-order valence-corrected chi connectivity index (χ4v) is 3.29. The van der Waals surface area contributed by atoms with Crippen molar-refractivity contribution < 1.29 is 31.9 Å². The summed E-state index contributed by atoms with van der Waals surface area (Å²) in [7, 11) is 2.58. The molecule has 0 saturated heterocycles. The number of fused-ring (bicyclic) bond motifs is 1. The fourth-order valence-electron chi connectivity index (χ4n) is 3.29. The zero-order valence-corrected chi connectivity index (χ0v) is 17.7. The number of methoxy groups -OCH3 is 2. The number of benzene rings is 2. The van der Waals surface area contributed by atoms with Gasteiger partial charge in [0, 0.05) is 24.6 Å². The summed E-state index contributed by atoms with van der Waals surface area (Å²) in [4.78, 5) is 16.8. The average Bonchev–Trinajstić information content (AvgIpc) is 3.43. The Morgan fingerprint density at radius 2 is 1.79 bits per heavy atom. The van der Waals surface area contributed by atoms with Gasteiger partial charge >= 0.3 is 0 Å². The molecule has 1 amide bonds. The number of amides is 1. The lowest BCUT2D eigenvalue weighted by Gasteiger charge is -2.17. The molecule has 2 heterocycles. The van der Waals surface area contributed by atoms with Crippen molar-refractivity contribution in [1.82, 2.24) is 25.1 Å². The first-order valence-electron chi connectivity index (χ1n) is 9.59. The summed E-state index contributed by atoms with van der Waals surface area (Å²) in [6, 6.07) is 8.34. The molecule has 4 rings (SSSR count).